The van der Waals surface area contributed by atoms with Crippen molar-refractivity contribution >= 4 is 21.9 Å². The summed E-state index contributed by atoms with van der Waals surface area (Å²) in [6.45, 7) is 0. The van der Waals surface area contributed by atoms with Gasteiger partial charge < -0.3 is 19.4 Å². The SMILES string of the molecule is [2H]c1c([2H])c([2H])c(CS(=O)(=O)OC2=C(N)OC(c3ccc(C(=O)OC)c(F)c3)C2=O)c([2H])c1[2H]. The Kier molecular flexibility index (Phi) is 3.98. The maximum absolute atomic E-state index is 14.2. The zero-order valence-corrected chi connectivity index (χ0v) is 15.6. The second-order valence-electron chi connectivity index (χ2n) is 5.68. The number of Topliss-reactive ketones (excluding diaryl/α,β-unsaturated/α-hetero) is 1. The Labute approximate surface area is 172 Å². The fourth-order valence-electron chi connectivity index (χ4n) is 2.43. The van der Waals surface area contributed by atoms with Crippen molar-refractivity contribution in [3.8, 4) is 0 Å². The van der Waals surface area contributed by atoms with Gasteiger partial charge in [-0.05, 0) is 17.7 Å². The lowest BCUT2D eigenvalue weighted by Crippen LogP contribution is -2.16. The minimum Gasteiger partial charge on any atom is -0.465 e. The van der Waals surface area contributed by atoms with E-state index in [0.717, 1.165) is 19.2 Å². The fourth-order valence-corrected chi connectivity index (χ4v) is 3.40. The van der Waals surface area contributed by atoms with Gasteiger partial charge in [-0.1, -0.05) is 36.3 Å². The summed E-state index contributed by atoms with van der Waals surface area (Å²) in [4.78, 5) is 24.2. The Morgan fingerprint density at radius 3 is 2.62 bits per heavy atom. The maximum atomic E-state index is 14.2. The van der Waals surface area contributed by atoms with Crippen molar-refractivity contribution in [1.82, 2.24) is 0 Å². The van der Waals surface area contributed by atoms with Crippen LogP contribution in [-0.4, -0.2) is 27.3 Å². The van der Waals surface area contributed by atoms with E-state index in [1.807, 2.05) is 0 Å². The molecule has 1 heterocycles. The molecular formula is C19H16FNO7S. The van der Waals surface area contributed by atoms with Gasteiger partial charge in [-0.3, -0.25) is 4.79 Å². The molecule has 0 fully saturated rings. The first kappa shape index (κ1) is 14.6. The van der Waals surface area contributed by atoms with E-state index in [1.165, 1.54) is 6.07 Å². The molecule has 1 atom stereocenters. The summed E-state index contributed by atoms with van der Waals surface area (Å²) in [6, 6.07) is -0.692. The Morgan fingerprint density at radius 2 is 2.00 bits per heavy atom. The third-order valence-electron chi connectivity index (χ3n) is 3.71. The van der Waals surface area contributed by atoms with E-state index in [-0.39, 0.29) is 5.56 Å². The molecule has 0 spiro atoms. The van der Waals surface area contributed by atoms with Crippen LogP contribution in [0.3, 0.4) is 0 Å². The number of hydrogen-bond donors (Lipinski definition) is 1. The van der Waals surface area contributed by atoms with Crippen molar-refractivity contribution in [2.24, 2.45) is 5.73 Å². The molecule has 0 bridgehead atoms. The summed E-state index contributed by atoms with van der Waals surface area (Å²) in [5.41, 5.74) is 4.50. The zero-order valence-electron chi connectivity index (χ0n) is 19.7. The molecular weight excluding hydrogens is 405 g/mol. The lowest BCUT2D eigenvalue weighted by atomic mass is 10.0. The highest BCUT2D eigenvalue weighted by atomic mass is 32.2. The standard InChI is InChI=1S/C19H16FNO7S/c1-26-19(23)13-8-7-12(9-14(13)20)16-15(22)17(18(21)27-16)28-29(24,25)10-11-5-3-2-4-6-11/h2-9,16H,10,21H2,1H3/i2D,3D,4D,5D,6D. The van der Waals surface area contributed by atoms with E-state index in [1.54, 1.807) is 0 Å². The molecule has 2 N–H and O–H groups in total. The molecule has 2 aromatic rings. The highest BCUT2D eigenvalue weighted by molar-refractivity contribution is 7.86. The molecule has 1 unspecified atom stereocenters. The number of ether oxygens (including phenoxy) is 2. The molecule has 10 heteroatoms. The predicted molar refractivity (Wildman–Crippen MR) is 97.9 cm³/mol. The van der Waals surface area contributed by atoms with Crippen LogP contribution in [0.2, 0.25) is 0 Å². The molecule has 8 nitrogen and oxygen atoms in total. The van der Waals surface area contributed by atoms with Crippen molar-refractivity contribution in [2.45, 2.75) is 11.9 Å². The van der Waals surface area contributed by atoms with Gasteiger partial charge in [-0.25, -0.2) is 9.18 Å². The number of carbonyl (C=O) groups is 2. The molecule has 29 heavy (non-hydrogen) atoms. The van der Waals surface area contributed by atoms with Gasteiger partial charge >= 0.3 is 16.1 Å². The van der Waals surface area contributed by atoms with Crippen molar-refractivity contribution in [3.05, 3.63) is 82.6 Å². The summed E-state index contributed by atoms with van der Waals surface area (Å²) in [7, 11) is -3.70. The molecule has 152 valence electrons. The zero-order chi connectivity index (χ0) is 25.5. The smallest absolute Gasteiger partial charge is 0.340 e. The van der Waals surface area contributed by atoms with Gasteiger partial charge in [0.1, 0.15) is 11.6 Å². The minimum absolute atomic E-state index is 0.0975. The largest absolute Gasteiger partial charge is 0.465 e. The van der Waals surface area contributed by atoms with E-state index < -0.39 is 92.5 Å². The number of halogens is 1. The number of carbonyl (C=O) groups excluding carboxylic acids is 2. The summed E-state index contributed by atoms with van der Waals surface area (Å²) in [5.74, 6) is -5.87. The van der Waals surface area contributed by atoms with E-state index >= 15 is 0 Å². The topological polar surface area (TPSA) is 122 Å². The normalized spacial score (nSPS) is 18.9. The first-order valence-electron chi connectivity index (χ1n) is 10.3. The van der Waals surface area contributed by atoms with Crippen LogP contribution in [0.4, 0.5) is 4.39 Å². The summed E-state index contributed by atoms with van der Waals surface area (Å²) in [6.07, 6.45) is -1.58. The molecule has 1 aliphatic rings. The predicted octanol–water partition coefficient (Wildman–Crippen LogP) is 1.93. The minimum atomic E-state index is -4.75. The number of rotatable bonds is 6. The lowest BCUT2D eigenvalue weighted by Gasteiger charge is -2.11. The Hall–Kier alpha value is -3.40. The highest BCUT2D eigenvalue weighted by Gasteiger charge is 2.40. The Bertz CT molecular complexity index is 1330. The molecule has 0 radical (unpaired) electrons. The maximum Gasteiger partial charge on any atom is 0.340 e. The molecule has 1 aliphatic heterocycles. The van der Waals surface area contributed by atoms with Crippen LogP contribution in [0, 0.1) is 5.82 Å². The first-order valence-corrected chi connectivity index (χ1v) is 9.43. The van der Waals surface area contributed by atoms with Crippen molar-refractivity contribution in [2.75, 3.05) is 7.11 Å². The van der Waals surface area contributed by atoms with Crippen LogP contribution in [0.15, 0.2) is 60.1 Å². The van der Waals surface area contributed by atoms with Crippen molar-refractivity contribution < 1.29 is 42.9 Å². The number of hydrogen-bond acceptors (Lipinski definition) is 8. The van der Waals surface area contributed by atoms with Gasteiger partial charge in [0.05, 0.1) is 19.5 Å². The third kappa shape index (κ3) is 4.37. The van der Waals surface area contributed by atoms with Crippen LogP contribution in [0.1, 0.15) is 34.4 Å². The van der Waals surface area contributed by atoms with Gasteiger partial charge in [0.25, 0.3) is 0 Å². The number of esters is 1. The lowest BCUT2D eigenvalue weighted by molar-refractivity contribution is -0.123. The molecule has 0 aliphatic carbocycles. The van der Waals surface area contributed by atoms with E-state index in [0.29, 0.717) is 0 Å². The van der Waals surface area contributed by atoms with E-state index in [2.05, 4.69) is 4.74 Å². The molecule has 0 saturated heterocycles. The third-order valence-corrected chi connectivity index (χ3v) is 4.78. The van der Waals surface area contributed by atoms with Crippen molar-refractivity contribution in [3.63, 3.8) is 0 Å². The molecule has 2 aromatic carbocycles. The van der Waals surface area contributed by atoms with Gasteiger partial charge in [-0.15, -0.1) is 0 Å². The van der Waals surface area contributed by atoms with Crippen LogP contribution in [-0.2, 0) is 34.3 Å². The van der Waals surface area contributed by atoms with Gasteiger partial charge in [-0.2, -0.15) is 8.42 Å². The number of benzene rings is 2. The van der Waals surface area contributed by atoms with Gasteiger partial charge in [0.2, 0.25) is 17.4 Å². The second kappa shape index (κ2) is 7.92. The van der Waals surface area contributed by atoms with Crippen LogP contribution in [0.5, 0.6) is 0 Å². The molecule has 3 rings (SSSR count). The Morgan fingerprint density at radius 1 is 1.31 bits per heavy atom. The number of ketones is 1. The average Bonchev–Trinajstić information content (AvgIpc) is 3.06. The van der Waals surface area contributed by atoms with Gasteiger partial charge in [0.15, 0.2) is 6.10 Å². The van der Waals surface area contributed by atoms with E-state index in [4.69, 9.17) is 21.5 Å². The quantitative estimate of drug-likeness (QED) is 0.549. The number of methoxy groups -OCH3 is 1. The molecule has 0 amide bonds. The number of nitrogens with two attached hydrogens (primary N) is 1. The monoisotopic (exact) mass is 426 g/mol. The Balaban J connectivity index is 1.86. The average molecular weight is 426 g/mol. The second-order valence-corrected chi connectivity index (χ2v) is 7.25. The first-order chi connectivity index (χ1) is 15.8. The van der Waals surface area contributed by atoms with Crippen LogP contribution < -0.4 is 5.73 Å². The summed E-state index contributed by atoms with van der Waals surface area (Å²) >= 11 is 0. The van der Waals surface area contributed by atoms with Crippen LogP contribution >= 0.6 is 0 Å². The molecule has 0 saturated carbocycles. The summed E-state index contributed by atoms with van der Waals surface area (Å²) in [5, 5.41) is 0. The van der Waals surface area contributed by atoms with Crippen LogP contribution in [0.25, 0.3) is 0 Å². The van der Waals surface area contributed by atoms with Gasteiger partial charge in [0, 0.05) is 5.56 Å². The fraction of sp³-hybridized carbons (Fsp3) is 0.158. The van der Waals surface area contributed by atoms with Crippen molar-refractivity contribution in [1.29, 1.82) is 0 Å². The van der Waals surface area contributed by atoms with E-state index in [9.17, 15) is 22.4 Å². The highest BCUT2D eigenvalue weighted by Crippen LogP contribution is 2.33. The summed E-state index contributed by atoms with van der Waals surface area (Å²) < 4.78 is 92.0. The molecule has 0 aromatic heterocycles.